The van der Waals surface area contributed by atoms with Gasteiger partial charge in [0.05, 0.1) is 16.0 Å². The zero-order valence-corrected chi connectivity index (χ0v) is 12.3. The predicted molar refractivity (Wildman–Crippen MR) is 80.0 cm³/mol. The van der Waals surface area contributed by atoms with Gasteiger partial charge in [-0.25, -0.2) is 0 Å². The van der Waals surface area contributed by atoms with Gasteiger partial charge in [0.15, 0.2) is 5.78 Å². The van der Waals surface area contributed by atoms with E-state index in [9.17, 15) is 19.7 Å². The number of aryl methyl sites for hydroxylation is 2. The number of thiophene rings is 1. The molecule has 0 N–H and O–H groups in total. The highest BCUT2D eigenvalue weighted by atomic mass is 32.1. The van der Waals surface area contributed by atoms with Crippen molar-refractivity contribution in [1.82, 2.24) is 4.57 Å². The number of carbonyl (C=O) groups excluding carboxylic acids is 1. The van der Waals surface area contributed by atoms with Crippen molar-refractivity contribution < 1.29 is 9.72 Å². The maximum Gasteiger partial charge on any atom is 0.288 e. The Labute approximate surface area is 124 Å². The second kappa shape index (κ2) is 6.45. The van der Waals surface area contributed by atoms with Crippen LogP contribution in [-0.2, 0) is 6.54 Å². The number of Topliss-reactive ketones (excluding diaryl/α,β-unsaturated/α-hetero) is 1. The minimum Gasteiger partial charge on any atom is -0.309 e. The van der Waals surface area contributed by atoms with Crippen LogP contribution in [0.1, 0.15) is 28.1 Å². The minimum absolute atomic E-state index is 0.0275. The summed E-state index contributed by atoms with van der Waals surface area (Å²) < 4.78 is 1.28. The van der Waals surface area contributed by atoms with Crippen LogP contribution in [0, 0.1) is 17.0 Å². The third-order valence-corrected chi connectivity index (χ3v) is 4.01. The van der Waals surface area contributed by atoms with Crippen LogP contribution >= 0.6 is 11.3 Å². The molecule has 110 valence electrons. The molecule has 0 aromatic carbocycles. The lowest BCUT2D eigenvalue weighted by Crippen LogP contribution is -2.20. The molecule has 0 radical (unpaired) electrons. The van der Waals surface area contributed by atoms with Crippen LogP contribution in [0.4, 0.5) is 5.69 Å². The van der Waals surface area contributed by atoms with E-state index in [2.05, 4.69) is 0 Å². The van der Waals surface area contributed by atoms with Crippen LogP contribution in [0.2, 0.25) is 0 Å². The highest BCUT2D eigenvalue weighted by Crippen LogP contribution is 2.15. The van der Waals surface area contributed by atoms with Crippen molar-refractivity contribution in [2.45, 2.75) is 26.3 Å². The molecule has 2 aromatic rings. The van der Waals surface area contributed by atoms with E-state index in [1.54, 1.807) is 6.07 Å². The van der Waals surface area contributed by atoms with Crippen LogP contribution in [-0.4, -0.2) is 15.3 Å². The second-order valence-corrected chi connectivity index (χ2v) is 5.58. The number of carbonyl (C=O) groups is 1. The van der Waals surface area contributed by atoms with Gasteiger partial charge in [-0.1, -0.05) is 6.07 Å². The zero-order valence-electron chi connectivity index (χ0n) is 11.4. The lowest BCUT2D eigenvalue weighted by atomic mass is 10.2. The Morgan fingerprint density at radius 3 is 2.86 bits per heavy atom. The van der Waals surface area contributed by atoms with E-state index in [-0.39, 0.29) is 23.6 Å². The Morgan fingerprint density at radius 1 is 1.48 bits per heavy atom. The number of rotatable bonds is 6. The summed E-state index contributed by atoms with van der Waals surface area (Å²) in [5.41, 5.74) is -0.0308. The number of hydrogen-bond donors (Lipinski definition) is 0. The summed E-state index contributed by atoms with van der Waals surface area (Å²) in [7, 11) is 0. The lowest BCUT2D eigenvalue weighted by Gasteiger charge is -2.06. The summed E-state index contributed by atoms with van der Waals surface area (Å²) in [5, 5.41) is 12.7. The molecule has 2 heterocycles. The van der Waals surface area contributed by atoms with Crippen LogP contribution < -0.4 is 5.56 Å². The summed E-state index contributed by atoms with van der Waals surface area (Å²) in [4.78, 5) is 34.6. The van der Waals surface area contributed by atoms with Gasteiger partial charge in [0, 0.05) is 24.6 Å². The van der Waals surface area contributed by atoms with Crippen LogP contribution in [0.25, 0.3) is 0 Å². The van der Waals surface area contributed by atoms with Crippen molar-refractivity contribution in [2.24, 2.45) is 0 Å². The number of nitro groups is 1. The molecular weight excluding hydrogens is 292 g/mol. The SMILES string of the molecule is Cc1cc(=O)n(CCCC(=O)c2cccs2)cc1[N+](=O)[O-]. The molecule has 0 saturated carbocycles. The fraction of sp³-hybridized carbons (Fsp3) is 0.286. The highest BCUT2D eigenvalue weighted by molar-refractivity contribution is 7.12. The van der Waals surface area contributed by atoms with E-state index >= 15 is 0 Å². The van der Waals surface area contributed by atoms with Gasteiger partial charge in [0.2, 0.25) is 0 Å². The largest absolute Gasteiger partial charge is 0.309 e. The van der Waals surface area contributed by atoms with Crippen molar-refractivity contribution in [3.8, 4) is 0 Å². The molecule has 0 aliphatic rings. The maximum absolute atomic E-state index is 11.8. The molecular formula is C14H14N2O4S. The second-order valence-electron chi connectivity index (χ2n) is 4.63. The standard InChI is InChI=1S/C14H14N2O4S/c1-10-8-14(18)15(9-11(10)16(19)20)6-2-4-12(17)13-5-3-7-21-13/h3,5,7-9H,2,4,6H2,1H3. The number of nitrogens with zero attached hydrogens (tertiary/aromatic N) is 2. The number of hydrogen-bond acceptors (Lipinski definition) is 5. The van der Waals surface area contributed by atoms with E-state index in [4.69, 9.17) is 0 Å². The summed E-state index contributed by atoms with van der Waals surface area (Å²) in [6, 6.07) is 4.82. The fourth-order valence-corrected chi connectivity index (χ4v) is 2.69. The number of ketones is 1. The first-order valence-corrected chi connectivity index (χ1v) is 7.29. The maximum atomic E-state index is 11.8. The van der Waals surface area contributed by atoms with Gasteiger partial charge in [-0.2, -0.15) is 0 Å². The van der Waals surface area contributed by atoms with Crippen LogP contribution in [0.15, 0.2) is 34.6 Å². The summed E-state index contributed by atoms with van der Waals surface area (Å²) >= 11 is 1.38. The Morgan fingerprint density at radius 2 is 2.24 bits per heavy atom. The first-order chi connectivity index (χ1) is 9.99. The molecule has 0 atom stereocenters. The minimum atomic E-state index is -0.512. The molecule has 0 amide bonds. The summed E-state index contributed by atoms with van der Waals surface area (Å²) in [6.45, 7) is 1.82. The third kappa shape index (κ3) is 3.63. The monoisotopic (exact) mass is 306 g/mol. The molecule has 0 bridgehead atoms. The van der Waals surface area contributed by atoms with Gasteiger partial charge in [-0.15, -0.1) is 11.3 Å². The summed E-state index contributed by atoms with van der Waals surface area (Å²) in [5.74, 6) is 0.0275. The van der Waals surface area contributed by atoms with Crippen molar-refractivity contribution in [1.29, 1.82) is 0 Å². The van der Waals surface area contributed by atoms with Crippen LogP contribution in [0.5, 0.6) is 0 Å². The first-order valence-electron chi connectivity index (χ1n) is 6.41. The lowest BCUT2D eigenvalue weighted by molar-refractivity contribution is -0.385. The van der Waals surface area contributed by atoms with Crippen molar-refractivity contribution >= 4 is 22.8 Å². The van der Waals surface area contributed by atoms with E-state index < -0.39 is 4.92 Å². The molecule has 0 fully saturated rings. The molecule has 7 heteroatoms. The molecule has 0 aliphatic heterocycles. The van der Waals surface area contributed by atoms with E-state index in [0.717, 1.165) is 0 Å². The Bertz CT molecular complexity index is 719. The van der Waals surface area contributed by atoms with Gasteiger partial charge in [0.25, 0.3) is 11.2 Å². The Hall–Kier alpha value is -2.28. The average Bonchev–Trinajstić information content (AvgIpc) is 2.94. The van der Waals surface area contributed by atoms with Gasteiger partial charge in [0.1, 0.15) is 0 Å². The molecule has 0 unspecified atom stereocenters. The van der Waals surface area contributed by atoms with E-state index in [1.165, 1.54) is 35.1 Å². The van der Waals surface area contributed by atoms with Crippen molar-refractivity contribution in [3.63, 3.8) is 0 Å². The number of aromatic nitrogens is 1. The van der Waals surface area contributed by atoms with Gasteiger partial charge < -0.3 is 4.57 Å². The third-order valence-electron chi connectivity index (χ3n) is 3.10. The quantitative estimate of drug-likeness (QED) is 0.467. The summed E-state index contributed by atoms with van der Waals surface area (Å²) in [6.07, 6.45) is 2.03. The Balaban J connectivity index is 2.03. The van der Waals surface area contributed by atoms with E-state index in [0.29, 0.717) is 23.3 Å². The molecule has 2 rings (SSSR count). The molecule has 6 nitrogen and oxygen atoms in total. The van der Waals surface area contributed by atoms with Gasteiger partial charge >= 0.3 is 0 Å². The van der Waals surface area contributed by atoms with Gasteiger partial charge in [-0.05, 0) is 24.8 Å². The van der Waals surface area contributed by atoms with Crippen LogP contribution in [0.3, 0.4) is 0 Å². The highest BCUT2D eigenvalue weighted by Gasteiger charge is 2.13. The fourth-order valence-electron chi connectivity index (χ4n) is 1.99. The molecule has 0 spiro atoms. The Kier molecular flexibility index (Phi) is 4.64. The van der Waals surface area contributed by atoms with Crippen molar-refractivity contribution in [3.05, 3.63) is 60.7 Å². The van der Waals surface area contributed by atoms with E-state index in [1.807, 2.05) is 11.4 Å². The normalized spacial score (nSPS) is 10.5. The van der Waals surface area contributed by atoms with Gasteiger partial charge in [-0.3, -0.25) is 19.7 Å². The topological polar surface area (TPSA) is 82.2 Å². The first kappa shape index (κ1) is 15.1. The average molecular weight is 306 g/mol. The number of pyridine rings is 1. The molecule has 0 aliphatic carbocycles. The molecule has 2 aromatic heterocycles. The smallest absolute Gasteiger partial charge is 0.288 e. The van der Waals surface area contributed by atoms with Crippen molar-refractivity contribution in [2.75, 3.05) is 0 Å². The molecule has 0 saturated heterocycles. The molecule has 21 heavy (non-hydrogen) atoms. The predicted octanol–water partition coefficient (Wildman–Crippen LogP) is 2.79. The zero-order chi connectivity index (χ0) is 15.4.